The number of methoxy groups -OCH3 is 2. The molecule has 0 unspecified atom stereocenters. The number of amides is 1. The molecule has 3 heterocycles. The maximum Gasteiger partial charge on any atom is 0.433 e. The fraction of sp³-hybridized carbons (Fsp3) is 0.304. The lowest BCUT2D eigenvalue weighted by Crippen LogP contribution is -2.24. The smallest absolute Gasteiger partial charge is 0.433 e. The van der Waals surface area contributed by atoms with Crippen LogP contribution in [0.3, 0.4) is 0 Å². The third-order valence-corrected chi connectivity index (χ3v) is 6.15. The zero-order valence-electron chi connectivity index (χ0n) is 20.0. The van der Waals surface area contributed by atoms with Gasteiger partial charge in [0.1, 0.15) is 5.02 Å². The van der Waals surface area contributed by atoms with Gasteiger partial charge in [-0.1, -0.05) is 11.6 Å². The molecule has 0 aliphatic heterocycles. The molecule has 1 amide bonds. The number of benzene rings is 1. The molecule has 190 valence electrons. The number of fused-ring (bicyclic) bond motifs is 1. The summed E-state index contributed by atoms with van der Waals surface area (Å²) in [5.41, 5.74) is 0.810. The number of aromatic nitrogens is 5. The van der Waals surface area contributed by atoms with E-state index >= 15 is 0 Å². The van der Waals surface area contributed by atoms with Gasteiger partial charge >= 0.3 is 6.18 Å². The van der Waals surface area contributed by atoms with E-state index in [1.54, 1.807) is 24.7 Å². The van der Waals surface area contributed by atoms with Crippen molar-refractivity contribution < 1.29 is 27.4 Å². The average Bonchev–Trinajstić information content (AvgIpc) is 3.30. The number of rotatable bonds is 6. The first-order valence-electron chi connectivity index (χ1n) is 10.6. The molecule has 4 rings (SSSR count). The number of hydrogen-bond donors (Lipinski definition) is 1. The molecule has 9 nitrogen and oxygen atoms in total. The highest BCUT2D eigenvalue weighted by molar-refractivity contribution is 6.36. The molecule has 0 aliphatic carbocycles. The maximum atomic E-state index is 14.0. The first-order chi connectivity index (χ1) is 17.0. The zero-order chi connectivity index (χ0) is 26.4. The molecule has 36 heavy (non-hydrogen) atoms. The highest BCUT2D eigenvalue weighted by Crippen LogP contribution is 2.37. The minimum Gasteiger partial charge on any atom is -0.493 e. The molecule has 0 bridgehead atoms. The molecule has 0 saturated heterocycles. The predicted octanol–water partition coefficient (Wildman–Crippen LogP) is 4.37. The Kier molecular flexibility index (Phi) is 6.56. The lowest BCUT2D eigenvalue weighted by atomic mass is 10.1. The van der Waals surface area contributed by atoms with E-state index in [0.29, 0.717) is 21.6 Å². The van der Waals surface area contributed by atoms with E-state index in [4.69, 9.17) is 21.1 Å². The van der Waals surface area contributed by atoms with Gasteiger partial charge in [0, 0.05) is 30.4 Å². The van der Waals surface area contributed by atoms with Crippen molar-refractivity contribution in [2.24, 2.45) is 7.05 Å². The summed E-state index contributed by atoms with van der Waals surface area (Å²) >= 11 is 6.35. The van der Waals surface area contributed by atoms with E-state index < -0.39 is 17.8 Å². The minimum atomic E-state index is -4.81. The maximum absolute atomic E-state index is 14.0. The standard InChI is InChI=1S/C23H22ClF3N6O3/c1-11-14(12(2)32(3)30-11)10-28-22(34)20-19(24)21-29-15(9-18(23(25,26)27)33(21)31-20)13-6-7-16(35-4)17(8-13)36-5/h6-9H,10H2,1-5H3,(H,28,34). The van der Waals surface area contributed by atoms with Crippen LogP contribution in [0.2, 0.25) is 5.02 Å². The van der Waals surface area contributed by atoms with Crippen molar-refractivity contribution in [2.45, 2.75) is 26.6 Å². The Bertz CT molecular complexity index is 1480. The van der Waals surface area contributed by atoms with Gasteiger partial charge in [-0.05, 0) is 38.1 Å². The third kappa shape index (κ3) is 4.43. The normalized spacial score (nSPS) is 11.7. The second-order valence-corrected chi connectivity index (χ2v) is 8.33. The fourth-order valence-electron chi connectivity index (χ4n) is 3.81. The fourth-order valence-corrected chi connectivity index (χ4v) is 4.05. The summed E-state index contributed by atoms with van der Waals surface area (Å²) in [7, 11) is 4.62. The Balaban J connectivity index is 1.78. The molecule has 0 saturated carbocycles. The number of carbonyl (C=O) groups is 1. The molecule has 4 aromatic rings. The molecule has 0 spiro atoms. The number of alkyl halides is 3. The van der Waals surface area contributed by atoms with Gasteiger partial charge in [0.2, 0.25) is 0 Å². The van der Waals surface area contributed by atoms with Crippen molar-refractivity contribution in [3.8, 4) is 22.8 Å². The Labute approximate surface area is 208 Å². The summed E-state index contributed by atoms with van der Waals surface area (Å²) in [5.74, 6) is -0.0290. The highest BCUT2D eigenvalue weighted by Gasteiger charge is 2.37. The van der Waals surface area contributed by atoms with E-state index in [1.807, 2.05) is 6.92 Å². The van der Waals surface area contributed by atoms with Gasteiger partial charge in [-0.15, -0.1) is 0 Å². The average molecular weight is 523 g/mol. The Morgan fingerprint density at radius 3 is 2.39 bits per heavy atom. The molecule has 0 aliphatic rings. The third-order valence-electron chi connectivity index (χ3n) is 5.80. The van der Waals surface area contributed by atoms with Gasteiger partial charge in [-0.25, -0.2) is 9.50 Å². The van der Waals surface area contributed by atoms with Gasteiger partial charge in [0.05, 0.1) is 25.6 Å². The van der Waals surface area contributed by atoms with Crippen molar-refractivity contribution in [3.63, 3.8) is 0 Å². The molecule has 13 heteroatoms. The van der Waals surface area contributed by atoms with Crippen LogP contribution >= 0.6 is 11.6 Å². The van der Waals surface area contributed by atoms with Crippen molar-refractivity contribution in [3.05, 3.63) is 57.6 Å². The first-order valence-corrected chi connectivity index (χ1v) is 11.0. The summed E-state index contributed by atoms with van der Waals surface area (Å²) in [6.45, 7) is 3.74. The van der Waals surface area contributed by atoms with Gasteiger partial charge < -0.3 is 14.8 Å². The van der Waals surface area contributed by atoms with Crippen molar-refractivity contribution in [1.82, 2.24) is 29.7 Å². The lowest BCUT2D eigenvalue weighted by molar-refractivity contribution is -0.142. The number of nitrogens with zero attached hydrogens (tertiary/aromatic N) is 5. The van der Waals surface area contributed by atoms with Crippen molar-refractivity contribution in [1.29, 1.82) is 0 Å². The number of aryl methyl sites for hydroxylation is 2. The number of hydrogen-bond acceptors (Lipinski definition) is 6. The molecular formula is C23H22ClF3N6O3. The van der Waals surface area contributed by atoms with Crippen LogP contribution in [0.4, 0.5) is 13.2 Å². The summed E-state index contributed by atoms with van der Waals surface area (Å²) in [4.78, 5) is 17.2. The van der Waals surface area contributed by atoms with Crippen molar-refractivity contribution >= 4 is 23.2 Å². The van der Waals surface area contributed by atoms with E-state index in [-0.39, 0.29) is 28.6 Å². The molecule has 3 aromatic heterocycles. The van der Waals surface area contributed by atoms with Crippen LogP contribution < -0.4 is 14.8 Å². The molecular weight excluding hydrogens is 501 g/mol. The summed E-state index contributed by atoms with van der Waals surface area (Å²) in [5, 5.41) is 10.5. The number of nitrogens with one attached hydrogen (secondary N) is 1. The lowest BCUT2D eigenvalue weighted by Gasteiger charge is -2.12. The summed E-state index contributed by atoms with van der Waals surface area (Å²) < 4.78 is 54.6. The number of halogens is 4. The van der Waals surface area contributed by atoms with Crippen molar-refractivity contribution in [2.75, 3.05) is 14.2 Å². The van der Waals surface area contributed by atoms with Crippen LogP contribution in [0.5, 0.6) is 11.5 Å². The van der Waals surface area contributed by atoms with Gasteiger partial charge in [0.25, 0.3) is 5.91 Å². The van der Waals surface area contributed by atoms with Gasteiger partial charge in [-0.2, -0.15) is 23.4 Å². The predicted molar refractivity (Wildman–Crippen MR) is 125 cm³/mol. The van der Waals surface area contributed by atoms with Crippen LogP contribution in [-0.2, 0) is 19.8 Å². The van der Waals surface area contributed by atoms with Crippen LogP contribution in [-0.4, -0.2) is 44.5 Å². The van der Waals surface area contributed by atoms with Crippen LogP contribution in [0.25, 0.3) is 16.9 Å². The van der Waals surface area contributed by atoms with E-state index in [9.17, 15) is 18.0 Å². The molecule has 1 aromatic carbocycles. The van der Waals surface area contributed by atoms with Crippen LogP contribution in [0, 0.1) is 13.8 Å². The number of carbonyl (C=O) groups excluding carboxylic acids is 1. The largest absolute Gasteiger partial charge is 0.493 e. The second kappa shape index (κ2) is 9.34. The zero-order valence-corrected chi connectivity index (χ0v) is 20.7. The Hall–Kier alpha value is -3.80. The quantitative estimate of drug-likeness (QED) is 0.404. The van der Waals surface area contributed by atoms with Gasteiger partial charge in [0.15, 0.2) is 28.5 Å². The van der Waals surface area contributed by atoms with E-state index in [1.165, 1.54) is 26.4 Å². The molecule has 0 radical (unpaired) electrons. The monoisotopic (exact) mass is 522 g/mol. The Morgan fingerprint density at radius 1 is 1.11 bits per heavy atom. The first kappa shape index (κ1) is 25.3. The Morgan fingerprint density at radius 2 is 1.81 bits per heavy atom. The molecule has 0 atom stereocenters. The van der Waals surface area contributed by atoms with E-state index in [0.717, 1.165) is 23.0 Å². The second-order valence-electron chi connectivity index (χ2n) is 7.95. The van der Waals surface area contributed by atoms with Gasteiger partial charge in [-0.3, -0.25) is 9.48 Å². The SMILES string of the molecule is COc1ccc(-c2cc(C(F)(F)F)n3nc(C(=O)NCc4c(C)nn(C)c4C)c(Cl)c3n2)cc1OC. The summed E-state index contributed by atoms with van der Waals surface area (Å²) in [6, 6.07) is 5.42. The van der Waals surface area contributed by atoms with Crippen LogP contribution in [0.1, 0.15) is 33.1 Å². The van der Waals surface area contributed by atoms with E-state index in [2.05, 4.69) is 20.5 Å². The highest BCUT2D eigenvalue weighted by atomic mass is 35.5. The molecule has 1 N–H and O–H groups in total. The molecule has 0 fully saturated rings. The van der Waals surface area contributed by atoms with Crippen LogP contribution in [0.15, 0.2) is 24.3 Å². The minimum absolute atomic E-state index is 0.0360. The summed E-state index contributed by atoms with van der Waals surface area (Å²) in [6.07, 6.45) is -4.81. The topological polar surface area (TPSA) is 95.6 Å². The number of ether oxygens (including phenoxy) is 2.